The molecular formula is C14H15N5. The third-order valence-corrected chi connectivity index (χ3v) is 3.45. The Bertz CT molecular complexity index is 606. The molecule has 96 valence electrons. The van der Waals surface area contributed by atoms with Gasteiger partial charge in [0.1, 0.15) is 5.82 Å². The summed E-state index contributed by atoms with van der Waals surface area (Å²) in [5.74, 6) is 0.956. The molecule has 0 amide bonds. The van der Waals surface area contributed by atoms with Crippen LogP contribution in [0.3, 0.4) is 0 Å². The van der Waals surface area contributed by atoms with E-state index in [0.29, 0.717) is 11.7 Å². The van der Waals surface area contributed by atoms with E-state index < -0.39 is 0 Å². The second-order valence-corrected chi connectivity index (χ2v) is 4.75. The van der Waals surface area contributed by atoms with E-state index in [2.05, 4.69) is 39.0 Å². The summed E-state index contributed by atoms with van der Waals surface area (Å²) >= 11 is 0. The van der Waals surface area contributed by atoms with E-state index >= 15 is 0 Å². The number of benzene rings is 1. The van der Waals surface area contributed by atoms with Crippen LogP contribution in [0.5, 0.6) is 0 Å². The molecule has 1 aliphatic heterocycles. The summed E-state index contributed by atoms with van der Waals surface area (Å²) in [4.78, 5) is 9.53. The predicted octanol–water partition coefficient (Wildman–Crippen LogP) is 3.83. The Labute approximate surface area is 111 Å². The Kier molecular flexibility index (Phi) is 2.97. The lowest BCUT2D eigenvalue weighted by Gasteiger charge is -2.20. The maximum Gasteiger partial charge on any atom is 0.143 e. The monoisotopic (exact) mass is 253 g/mol. The highest BCUT2D eigenvalue weighted by Crippen LogP contribution is 2.38. The van der Waals surface area contributed by atoms with Crippen LogP contribution >= 0.6 is 0 Å². The molecule has 2 aliphatic rings. The number of azide groups is 1. The van der Waals surface area contributed by atoms with E-state index in [1.807, 2.05) is 18.3 Å². The molecule has 1 fully saturated rings. The molecule has 5 heteroatoms. The van der Waals surface area contributed by atoms with Gasteiger partial charge in [0.15, 0.2) is 0 Å². The highest BCUT2D eigenvalue weighted by atomic mass is 15.2. The van der Waals surface area contributed by atoms with E-state index in [1.54, 1.807) is 0 Å². The van der Waals surface area contributed by atoms with Gasteiger partial charge < -0.3 is 4.90 Å². The summed E-state index contributed by atoms with van der Waals surface area (Å²) in [5.41, 5.74) is 12.0. The highest BCUT2D eigenvalue weighted by molar-refractivity contribution is 6.08. The number of hydrogen-bond donors (Lipinski definition) is 0. The van der Waals surface area contributed by atoms with Gasteiger partial charge in [-0.05, 0) is 36.5 Å². The van der Waals surface area contributed by atoms with Crippen molar-refractivity contribution in [2.75, 3.05) is 11.4 Å². The zero-order valence-corrected chi connectivity index (χ0v) is 10.8. The molecule has 0 aromatic heterocycles. The van der Waals surface area contributed by atoms with Crippen LogP contribution < -0.4 is 4.90 Å². The van der Waals surface area contributed by atoms with Gasteiger partial charge in [-0.15, -0.1) is 0 Å². The molecular weight excluding hydrogens is 238 g/mol. The number of fused-ring (bicyclic) bond motifs is 1. The van der Waals surface area contributed by atoms with Crippen molar-refractivity contribution in [1.29, 1.82) is 0 Å². The number of aliphatic imine (C=N–C) groups is 1. The first-order valence-electron chi connectivity index (χ1n) is 6.55. The third-order valence-electron chi connectivity index (χ3n) is 3.45. The van der Waals surface area contributed by atoms with E-state index in [0.717, 1.165) is 23.5 Å². The van der Waals surface area contributed by atoms with E-state index in [-0.39, 0.29) is 0 Å². The topological polar surface area (TPSA) is 64.4 Å². The molecule has 5 nitrogen and oxygen atoms in total. The van der Waals surface area contributed by atoms with Gasteiger partial charge in [0.2, 0.25) is 0 Å². The first-order chi connectivity index (χ1) is 9.33. The van der Waals surface area contributed by atoms with E-state index in [4.69, 9.17) is 5.53 Å². The Hall–Kier alpha value is -2.26. The predicted molar refractivity (Wildman–Crippen MR) is 76.0 cm³/mol. The molecule has 3 rings (SSSR count). The molecule has 1 aromatic carbocycles. The SMILES string of the molecule is CCN1C=C(N=[N+]=[N-])N=C(C2CC2)c2ccccc21. The van der Waals surface area contributed by atoms with Crippen molar-refractivity contribution in [2.24, 2.45) is 16.0 Å². The molecule has 1 heterocycles. The smallest absolute Gasteiger partial charge is 0.143 e. The summed E-state index contributed by atoms with van der Waals surface area (Å²) in [7, 11) is 0. The molecule has 0 saturated heterocycles. The van der Waals surface area contributed by atoms with Crippen LogP contribution in [0.25, 0.3) is 10.4 Å². The number of nitrogens with zero attached hydrogens (tertiary/aromatic N) is 5. The van der Waals surface area contributed by atoms with Crippen molar-refractivity contribution in [2.45, 2.75) is 19.8 Å². The first-order valence-corrected chi connectivity index (χ1v) is 6.55. The second-order valence-electron chi connectivity index (χ2n) is 4.75. The van der Waals surface area contributed by atoms with Gasteiger partial charge in [-0.1, -0.05) is 18.2 Å². The fourth-order valence-electron chi connectivity index (χ4n) is 2.39. The van der Waals surface area contributed by atoms with Crippen molar-refractivity contribution < 1.29 is 0 Å². The first kappa shape index (κ1) is 11.8. The fraction of sp³-hybridized carbons (Fsp3) is 0.357. The van der Waals surface area contributed by atoms with Crippen LogP contribution in [0.4, 0.5) is 5.69 Å². The number of hydrogen-bond acceptors (Lipinski definition) is 3. The highest BCUT2D eigenvalue weighted by Gasteiger charge is 2.31. The standard InChI is InChI=1S/C14H15N5/c1-2-19-9-13(17-18-15)16-14(10-7-8-10)11-5-3-4-6-12(11)19/h3-6,9-10H,2,7-8H2,1H3. The zero-order chi connectivity index (χ0) is 13.2. The Morgan fingerprint density at radius 1 is 1.42 bits per heavy atom. The molecule has 1 aromatic rings. The molecule has 0 spiro atoms. The Balaban J connectivity index is 2.17. The molecule has 0 unspecified atom stereocenters. The van der Waals surface area contributed by atoms with Gasteiger partial charge >= 0.3 is 0 Å². The Morgan fingerprint density at radius 3 is 2.89 bits per heavy atom. The van der Waals surface area contributed by atoms with E-state index in [9.17, 15) is 0 Å². The third kappa shape index (κ3) is 2.20. The van der Waals surface area contributed by atoms with Crippen LogP contribution in [-0.2, 0) is 0 Å². The van der Waals surface area contributed by atoms with Crippen LogP contribution in [0.2, 0.25) is 0 Å². The van der Waals surface area contributed by atoms with Crippen molar-refractivity contribution in [1.82, 2.24) is 0 Å². The number of anilines is 1. The summed E-state index contributed by atoms with van der Waals surface area (Å²) in [6, 6.07) is 8.25. The van der Waals surface area contributed by atoms with Crippen molar-refractivity contribution in [3.8, 4) is 0 Å². The van der Waals surface area contributed by atoms with Gasteiger partial charge in [0.25, 0.3) is 0 Å². The van der Waals surface area contributed by atoms with Gasteiger partial charge in [0, 0.05) is 34.8 Å². The Morgan fingerprint density at radius 2 is 2.21 bits per heavy atom. The lowest BCUT2D eigenvalue weighted by molar-refractivity contribution is 0.996. The molecule has 1 aliphatic carbocycles. The van der Waals surface area contributed by atoms with Crippen molar-refractivity contribution in [3.63, 3.8) is 0 Å². The molecule has 0 radical (unpaired) electrons. The van der Waals surface area contributed by atoms with Crippen molar-refractivity contribution in [3.05, 3.63) is 52.3 Å². The maximum atomic E-state index is 8.66. The van der Waals surface area contributed by atoms with E-state index in [1.165, 1.54) is 12.8 Å². The average Bonchev–Trinajstić information content (AvgIpc) is 3.26. The largest absolute Gasteiger partial charge is 0.346 e. The van der Waals surface area contributed by atoms with Crippen molar-refractivity contribution >= 4 is 11.4 Å². The normalized spacial score (nSPS) is 17.8. The van der Waals surface area contributed by atoms with Gasteiger partial charge in [-0.2, -0.15) is 0 Å². The minimum atomic E-state index is 0.447. The summed E-state index contributed by atoms with van der Waals surface area (Å²) in [5, 5.41) is 3.70. The molecule has 0 atom stereocenters. The minimum absolute atomic E-state index is 0.447. The second kappa shape index (κ2) is 4.78. The number of para-hydroxylation sites is 1. The molecule has 19 heavy (non-hydrogen) atoms. The maximum absolute atomic E-state index is 8.66. The summed E-state index contributed by atoms with van der Waals surface area (Å²) in [6.07, 6.45) is 4.17. The van der Waals surface area contributed by atoms with Gasteiger partial charge in [-0.3, -0.25) is 0 Å². The van der Waals surface area contributed by atoms with Gasteiger partial charge in [-0.25, -0.2) is 4.99 Å². The van der Waals surface area contributed by atoms with Crippen LogP contribution in [0.15, 0.2) is 46.4 Å². The molecule has 0 N–H and O–H groups in total. The summed E-state index contributed by atoms with van der Waals surface area (Å²) in [6.45, 7) is 2.89. The fourth-order valence-corrected chi connectivity index (χ4v) is 2.39. The minimum Gasteiger partial charge on any atom is -0.346 e. The van der Waals surface area contributed by atoms with Crippen LogP contribution in [0, 0.1) is 5.92 Å². The van der Waals surface area contributed by atoms with Crippen LogP contribution in [0.1, 0.15) is 25.3 Å². The van der Waals surface area contributed by atoms with Crippen LogP contribution in [-0.4, -0.2) is 12.3 Å². The molecule has 1 saturated carbocycles. The molecule has 0 bridgehead atoms. The summed E-state index contributed by atoms with van der Waals surface area (Å²) < 4.78 is 0. The zero-order valence-electron chi connectivity index (χ0n) is 10.8. The quantitative estimate of drug-likeness (QED) is 0.458. The number of rotatable bonds is 3. The lowest BCUT2D eigenvalue weighted by atomic mass is 10.0. The average molecular weight is 253 g/mol. The van der Waals surface area contributed by atoms with Gasteiger partial charge in [0.05, 0.1) is 5.71 Å². The lowest BCUT2D eigenvalue weighted by Crippen LogP contribution is -2.17.